The van der Waals surface area contributed by atoms with Crippen LogP contribution in [0.1, 0.15) is 49.1 Å². The van der Waals surface area contributed by atoms with Gasteiger partial charge in [-0.05, 0) is 47.9 Å². The first-order valence-electron chi connectivity index (χ1n) is 9.96. The van der Waals surface area contributed by atoms with Gasteiger partial charge in [-0.25, -0.2) is 4.99 Å². The van der Waals surface area contributed by atoms with Gasteiger partial charge in [0.05, 0.1) is 17.1 Å². The number of rotatable bonds is 3. The van der Waals surface area contributed by atoms with Crippen LogP contribution in [0.5, 0.6) is 0 Å². The molecular formula is C24H22N2OS. The molecule has 1 saturated carbocycles. The van der Waals surface area contributed by atoms with E-state index in [0.717, 1.165) is 22.6 Å². The van der Waals surface area contributed by atoms with Crippen molar-refractivity contribution in [2.24, 2.45) is 4.99 Å². The van der Waals surface area contributed by atoms with Crippen molar-refractivity contribution in [1.29, 1.82) is 0 Å². The van der Waals surface area contributed by atoms with Crippen LogP contribution in [0.3, 0.4) is 0 Å². The first kappa shape index (κ1) is 17.4. The van der Waals surface area contributed by atoms with Gasteiger partial charge >= 0.3 is 0 Å². The van der Waals surface area contributed by atoms with Crippen LogP contribution in [0.25, 0.3) is 0 Å². The molecule has 0 saturated heterocycles. The Labute approximate surface area is 169 Å². The lowest BCUT2D eigenvalue weighted by atomic mass is 9.83. The van der Waals surface area contributed by atoms with Crippen molar-refractivity contribution in [3.05, 3.63) is 76.5 Å². The zero-order chi connectivity index (χ0) is 18.9. The molecule has 2 aliphatic rings. The lowest BCUT2D eigenvalue weighted by molar-refractivity contribution is -0.111. The van der Waals surface area contributed by atoms with Crippen LogP contribution in [-0.4, -0.2) is 11.6 Å². The van der Waals surface area contributed by atoms with Gasteiger partial charge in [0, 0.05) is 10.9 Å². The SMILES string of the molecule is O=C1/C(=N\c2ccccc2C2CCCCC2)c2ccccc2N1c1ccsc1. The van der Waals surface area contributed by atoms with Gasteiger partial charge in [0.1, 0.15) is 5.71 Å². The summed E-state index contributed by atoms with van der Waals surface area (Å²) in [6.45, 7) is 0. The van der Waals surface area contributed by atoms with Crippen molar-refractivity contribution >= 4 is 40.0 Å². The predicted molar refractivity (Wildman–Crippen MR) is 116 cm³/mol. The van der Waals surface area contributed by atoms with Crippen LogP contribution in [0.2, 0.25) is 0 Å². The van der Waals surface area contributed by atoms with Crippen molar-refractivity contribution in [3.8, 4) is 0 Å². The molecule has 1 amide bonds. The van der Waals surface area contributed by atoms with Crippen LogP contribution in [-0.2, 0) is 4.79 Å². The van der Waals surface area contributed by atoms with E-state index in [1.165, 1.54) is 37.7 Å². The number of para-hydroxylation sites is 2. The summed E-state index contributed by atoms with van der Waals surface area (Å²) in [5.74, 6) is 0.507. The lowest BCUT2D eigenvalue weighted by Crippen LogP contribution is -2.25. The van der Waals surface area contributed by atoms with Crippen LogP contribution in [0.15, 0.2) is 70.3 Å². The van der Waals surface area contributed by atoms with Crippen molar-refractivity contribution in [3.63, 3.8) is 0 Å². The Bertz CT molecular complexity index is 1030. The van der Waals surface area contributed by atoms with Crippen LogP contribution >= 0.6 is 11.3 Å². The summed E-state index contributed by atoms with van der Waals surface area (Å²) in [5, 5.41) is 4.01. The highest BCUT2D eigenvalue weighted by Gasteiger charge is 2.35. The number of nitrogens with zero attached hydrogens (tertiary/aromatic N) is 2. The highest BCUT2D eigenvalue weighted by molar-refractivity contribution is 7.08. The van der Waals surface area contributed by atoms with Gasteiger partial charge in [0.15, 0.2) is 0 Å². The number of amides is 1. The monoisotopic (exact) mass is 386 g/mol. The molecule has 5 rings (SSSR count). The van der Waals surface area contributed by atoms with E-state index >= 15 is 0 Å². The number of carbonyl (C=O) groups is 1. The van der Waals surface area contributed by atoms with Gasteiger partial charge in [0.2, 0.25) is 0 Å². The number of hydrogen-bond acceptors (Lipinski definition) is 3. The third-order valence-electron chi connectivity index (χ3n) is 5.78. The van der Waals surface area contributed by atoms with Gasteiger partial charge in [-0.15, -0.1) is 0 Å². The van der Waals surface area contributed by atoms with Gasteiger partial charge < -0.3 is 0 Å². The minimum absolute atomic E-state index is 0.0435. The molecule has 1 aliphatic heterocycles. The number of hydrogen-bond donors (Lipinski definition) is 0. The fourth-order valence-electron chi connectivity index (χ4n) is 4.42. The summed E-state index contributed by atoms with van der Waals surface area (Å²) in [6.07, 6.45) is 6.32. The molecule has 0 atom stereocenters. The standard InChI is InChI=1S/C24H22N2OS/c27-24-23(20-11-5-7-13-22(20)26(24)18-14-15-28-16-18)25-21-12-6-4-10-19(21)17-8-2-1-3-9-17/h4-7,10-17H,1-3,8-9H2/b25-23-. The van der Waals surface area contributed by atoms with E-state index in [4.69, 9.17) is 4.99 Å². The topological polar surface area (TPSA) is 32.7 Å². The molecular weight excluding hydrogens is 364 g/mol. The minimum atomic E-state index is -0.0435. The molecule has 28 heavy (non-hydrogen) atoms. The smallest absolute Gasteiger partial charge is 0.274 e. The number of thiophene rings is 1. The average molecular weight is 387 g/mol. The van der Waals surface area contributed by atoms with Gasteiger partial charge in [-0.1, -0.05) is 55.7 Å². The predicted octanol–water partition coefficient (Wildman–Crippen LogP) is 6.59. The average Bonchev–Trinajstić information content (AvgIpc) is 3.36. The van der Waals surface area contributed by atoms with Crippen molar-refractivity contribution in [2.45, 2.75) is 38.0 Å². The lowest BCUT2D eigenvalue weighted by Gasteiger charge is -2.23. The Hall–Kier alpha value is -2.72. The van der Waals surface area contributed by atoms with E-state index < -0.39 is 0 Å². The fraction of sp³-hybridized carbons (Fsp3) is 0.250. The summed E-state index contributed by atoms with van der Waals surface area (Å²) in [7, 11) is 0. The Balaban J connectivity index is 1.60. The van der Waals surface area contributed by atoms with Crippen molar-refractivity contribution in [1.82, 2.24) is 0 Å². The number of anilines is 2. The molecule has 4 heteroatoms. The number of carbonyl (C=O) groups excluding carboxylic acids is 1. The molecule has 1 fully saturated rings. The Morgan fingerprint density at radius 3 is 2.54 bits per heavy atom. The fourth-order valence-corrected chi connectivity index (χ4v) is 5.04. The second kappa shape index (κ2) is 7.36. The largest absolute Gasteiger partial charge is 0.282 e. The minimum Gasteiger partial charge on any atom is -0.274 e. The Kier molecular flexibility index (Phi) is 4.57. The highest BCUT2D eigenvalue weighted by Crippen LogP contribution is 2.40. The molecule has 0 bridgehead atoms. The Morgan fingerprint density at radius 2 is 1.71 bits per heavy atom. The van der Waals surface area contributed by atoms with E-state index in [-0.39, 0.29) is 5.91 Å². The van der Waals surface area contributed by atoms with E-state index in [1.54, 1.807) is 16.2 Å². The number of fused-ring (bicyclic) bond motifs is 1. The molecule has 1 aliphatic carbocycles. The normalized spacial score (nSPS) is 18.6. The summed E-state index contributed by atoms with van der Waals surface area (Å²) >= 11 is 1.60. The summed E-state index contributed by atoms with van der Waals surface area (Å²) in [6, 6.07) is 18.3. The molecule has 3 aromatic rings. The molecule has 0 radical (unpaired) electrons. The molecule has 2 heterocycles. The number of aliphatic imine (C=N–C) groups is 1. The van der Waals surface area contributed by atoms with Gasteiger partial charge in [-0.3, -0.25) is 9.69 Å². The van der Waals surface area contributed by atoms with Crippen molar-refractivity contribution < 1.29 is 4.79 Å². The molecule has 3 nitrogen and oxygen atoms in total. The van der Waals surface area contributed by atoms with Crippen LogP contribution in [0, 0.1) is 0 Å². The summed E-state index contributed by atoms with van der Waals surface area (Å²) in [4.78, 5) is 20.1. The third kappa shape index (κ3) is 2.98. The van der Waals surface area contributed by atoms with Gasteiger partial charge in [-0.2, -0.15) is 11.3 Å². The maximum Gasteiger partial charge on any atom is 0.282 e. The molecule has 0 unspecified atom stereocenters. The van der Waals surface area contributed by atoms with E-state index in [9.17, 15) is 4.79 Å². The molecule has 1 aromatic heterocycles. The van der Waals surface area contributed by atoms with E-state index in [0.29, 0.717) is 11.6 Å². The molecule has 0 N–H and O–H groups in total. The first-order chi connectivity index (χ1) is 13.8. The second-order valence-electron chi connectivity index (χ2n) is 7.49. The first-order valence-corrected chi connectivity index (χ1v) is 10.9. The third-order valence-corrected chi connectivity index (χ3v) is 6.45. The second-order valence-corrected chi connectivity index (χ2v) is 8.27. The quantitative estimate of drug-likeness (QED) is 0.499. The highest BCUT2D eigenvalue weighted by atomic mass is 32.1. The van der Waals surface area contributed by atoms with Crippen molar-refractivity contribution in [2.75, 3.05) is 4.90 Å². The van der Waals surface area contributed by atoms with E-state index in [1.807, 2.05) is 47.2 Å². The maximum absolute atomic E-state index is 13.4. The zero-order valence-corrected chi connectivity index (χ0v) is 16.5. The van der Waals surface area contributed by atoms with Crippen LogP contribution in [0.4, 0.5) is 17.1 Å². The maximum atomic E-state index is 13.4. The van der Waals surface area contributed by atoms with Gasteiger partial charge in [0.25, 0.3) is 5.91 Å². The Morgan fingerprint density at radius 1 is 0.929 bits per heavy atom. The molecule has 0 spiro atoms. The number of benzene rings is 2. The summed E-state index contributed by atoms with van der Waals surface area (Å²) in [5.41, 5.74) is 5.52. The summed E-state index contributed by atoms with van der Waals surface area (Å²) < 4.78 is 0. The zero-order valence-electron chi connectivity index (χ0n) is 15.7. The van der Waals surface area contributed by atoms with E-state index in [2.05, 4.69) is 18.2 Å². The molecule has 2 aromatic carbocycles. The molecule has 140 valence electrons. The van der Waals surface area contributed by atoms with Crippen LogP contribution < -0.4 is 4.90 Å².